The Morgan fingerprint density at radius 2 is 2.16 bits per heavy atom. The number of ether oxygens (including phenoxy) is 1. The topological polar surface area (TPSA) is 35.2 Å². The summed E-state index contributed by atoms with van der Waals surface area (Å²) in [6.07, 6.45) is 5.53. The molecule has 0 heterocycles. The third kappa shape index (κ3) is 4.50. The lowest BCUT2D eigenvalue weighted by atomic mass is 9.89. The molecule has 0 aliphatic heterocycles. The van der Waals surface area contributed by atoms with Gasteiger partial charge in [0.2, 0.25) is 0 Å². The largest absolute Gasteiger partial charge is 0.490 e. The zero-order valence-corrected chi connectivity index (χ0v) is 11.9. The maximum absolute atomic E-state index is 13.6. The fourth-order valence-corrected chi connectivity index (χ4v) is 2.86. The van der Waals surface area contributed by atoms with Gasteiger partial charge in [0.05, 0.1) is 6.10 Å². The van der Waals surface area contributed by atoms with Crippen molar-refractivity contribution in [3.8, 4) is 5.75 Å². The van der Waals surface area contributed by atoms with Gasteiger partial charge in [-0.2, -0.15) is 0 Å². The van der Waals surface area contributed by atoms with E-state index in [1.54, 1.807) is 6.07 Å². The summed E-state index contributed by atoms with van der Waals surface area (Å²) < 4.78 is 19.5. The number of benzene rings is 1. The number of halogens is 1. The van der Waals surface area contributed by atoms with E-state index in [1.165, 1.54) is 18.9 Å². The summed E-state index contributed by atoms with van der Waals surface area (Å²) in [7, 11) is 0. The molecule has 0 spiro atoms. The molecule has 1 fully saturated rings. The zero-order valence-electron chi connectivity index (χ0n) is 11.9. The van der Waals surface area contributed by atoms with Crippen molar-refractivity contribution in [1.29, 1.82) is 0 Å². The minimum Gasteiger partial charge on any atom is -0.490 e. The van der Waals surface area contributed by atoms with Crippen LogP contribution in [0.15, 0.2) is 18.2 Å². The molecule has 3 heteroatoms. The molecule has 0 bridgehead atoms. The van der Waals surface area contributed by atoms with Crippen LogP contribution in [0.1, 0.15) is 45.1 Å². The third-order valence-corrected chi connectivity index (χ3v) is 3.68. The Hall–Kier alpha value is -1.09. The van der Waals surface area contributed by atoms with Crippen LogP contribution in [-0.4, -0.2) is 12.1 Å². The van der Waals surface area contributed by atoms with Gasteiger partial charge in [0.15, 0.2) is 0 Å². The lowest BCUT2D eigenvalue weighted by molar-refractivity contribution is 0.128. The molecule has 3 atom stereocenters. The van der Waals surface area contributed by atoms with Crippen LogP contribution in [0.4, 0.5) is 4.39 Å². The van der Waals surface area contributed by atoms with Crippen molar-refractivity contribution in [3.05, 3.63) is 29.6 Å². The molecular formula is C16H24FNO. The molecule has 1 aliphatic rings. The van der Waals surface area contributed by atoms with E-state index in [0.717, 1.165) is 18.4 Å². The fraction of sp³-hybridized carbons (Fsp3) is 0.625. The highest BCUT2D eigenvalue weighted by molar-refractivity contribution is 5.30. The zero-order chi connectivity index (χ0) is 13.8. The summed E-state index contributed by atoms with van der Waals surface area (Å²) in [6.45, 7) is 4.18. The minimum absolute atomic E-state index is 0.0318. The predicted molar refractivity (Wildman–Crippen MR) is 75.8 cm³/mol. The Morgan fingerprint density at radius 1 is 1.37 bits per heavy atom. The molecule has 1 aromatic rings. The molecule has 1 saturated carbocycles. The summed E-state index contributed by atoms with van der Waals surface area (Å²) in [4.78, 5) is 0. The molecule has 0 saturated heterocycles. The fourth-order valence-electron chi connectivity index (χ4n) is 2.86. The van der Waals surface area contributed by atoms with Crippen LogP contribution >= 0.6 is 0 Å². The van der Waals surface area contributed by atoms with Gasteiger partial charge in [0.25, 0.3) is 0 Å². The maximum Gasteiger partial charge on any atom is 0.127 e. The van der Waals surface area contributed by atoms with Crippen LogP contribution < -0.4 is 10.5 Å². The van der Waals surface area contributed by atoms with E-state index < -0.39 is 0 Å². The predicted octanol–water partition coefficient (Wildman–Crippen LogP) is 3.67. The lowest BCUT2D eigenvalue weighted by Crippen LogP contribution is -2.24. The van der Waals surface area contributed by atoms with Crippen LogP contribution in [0.3, 0.4) is 0 Å². The second kappa shape index (κ2) is 6.38. The van der Waals surface area contributed by atoms with Crippen LogP contribution in [0.2, 0.25) is 0 Å². The first-order valence-corrected chi connectivity index (χ1v) is 7.24. The van der Waals surface area contributed by atoms with E-state index in [9.17, 15) is 4.39 Å². The smallest absolute Gasteiger partial charge is 0.127 e. The van der Waals surface area contributed by atoms with Crippen molar-refractivity contribution < 1.29 is 9.13 Å². The van der Waals surface area contributed by atoms with Gasteiger partial charge in [-0.3, -0.25) is 0 Å². The molecule has 0 aromatic heterocycles. The third-order valence-electron chi connectivity index (χ3n) is 3.68. The van der Waals surface area contributed by atoms with Crippen molar-refractivity contribution in [2.45, 2.75) is 58.1 Å². The summed E-state index contributed by atoms with van der Waals surface area (Å²) in [6, 6.07) is 4.97. The van der Waals surface area contributed by atoms with Gasteiger partial charge in [-0.1, -0.05) is 13.3 Å². The van der Waals surface area contributed by atoms with E-state index in [2.05, 4.69) is 6.92 Å². The van der Waals surface area contributed by atoms with Crippen LogP contribution in [0, 0.1) is 11.7 Å². The molecule has 0 radical (unpaired) electrons. The van der Waals surface area contributed by atoms with E-state index in [0.29, 0.717) is 18.1 Å². The Bertz CT molecular complexity index is 419. The summed E-state index contributed by atoms with van der Waals surface area (Å²) in [5.74, 6) is 1.11. The summed E-state index contributed by atoms with van der Waals surface area (Å²) in [5.41, 5.74) is 6.67. The monoisotopic (exact) mass is 265 g/mol. The van der Waals surface area contributed by atoms with E-state index >= 15 is 0 Å². The molecule has 3 unspecified atom stereocenters. The van der Waals surface area contributed by atoms with Gasteiger partial charge in [0, 0.05) is 12.1 Å². The van der Waals surface area contributed by atoms with Crippen molar-refractivity contribution >= 4 is 0 Å². The number of hydrogen-bond donors (Lipinski definition) is 1. The number of hydrogen-bond acceptors (Lipinski definition) is 2. The molecular weight excluding hydrogens is 241 g/mol. The van der Waals surface area contributed by atoms with Crippen molar-refractivity contribution in [2.24, 2.45) is 11.7 Å². The molecule has 19 heavy (non-hydrogen) atoms. The second-order valence-corrected chi connectivity index (χ2v) is 5.99. The van der Waals surface area contributed by atoms with Gasteiger partial charge >= 0.3 is 0 Å². The first kappa shape index (κ1) is 14.3. The summed E-state index contributed by atoms with van der Waals surface area (Å²) in [5, 5.41) is 0. The van der Waals surface area contributed by atoms with Gasteiger partial charge < -0.3 is 10.5 Å². The van der Waals surface area contributed by atoms with E-state index in [1.807, 2.05) is 13.0 Å². The first-order valence-electron chi connectivity index (χ1n) is 7.24. The van der Waals surface area contributed by atoms with Crippen molar-refractivity contribution in [1.82, 2.24) is 0 Å². The number of rotatable bonds is 4. The molecule has 106 valence electrons. The molecule has 1 aromatic carbocycles. The molecule has 0 amide bonds. The average Bonchev–Trinajstić information content (AvgIpc) is 2.26. The quantitative estimate of drug-likeness (QED) is 0.901. The maximum atomic E-state index is 13.6. The number of nitrogens with two attached hydrogens (primary N) is 1. The Kier molecular flexibility index (Phi) is 4.81. The van der Waals surface area contributed by atoms with Gasteiger partial charge in [-0.05, 0) is 56.2 Å². The highest BCUT2D eigenvalue weighted by Crippen LogP contribution is 2.28. The summed E-state index contributed by atoms with van der Waals surface area (Å²) >= 11 is 0. The Balaban J connectivity index is 2.04. The first-order chi connectivity index (χ1) is 9.02. The highest BCUT2D eigenvalue weighted by Gasteiger charge is 2.20. The van der Waals surface area contributed by atoms with Gasteiger partial charge in [-0.25, -0.2) is 4.39 Å². The molecule has 2 nitrogen and oxygen atoms in total. The highest BCUT2D eigenvalue weighted by atomic mass is 19.1. The van der Waals surface area contributed by atoms with E-state index in [4.69, 9.17) is 10.5 Å². The van der Waals surface area contributed by atoms with Crippen molar-refractivity contribution in [3.63, 3.8) is 0 Å². The molecule has 2 rings (SSSR count). The Labute approximate surface area is 115 Å². The van der Waals surface area contributed by atoms with Crippen LogP contribution in [0.25, 0.3) is 0 Å². The molecule has 1 aliphatic carbocycles. The Morgan fingerprint density at radius 3 is 2.84 bits per heavy atom. The van der Waals surface area contributed by atoms with Crippen LogP contribution in [-0.2, 0) is 6.42 Å². The standard InChI is InChI=1S/C16H24FNO/c1-11-4-3-5-15(6-11)19-16-9-13(7-12(2)18)8-14(17)10-16/h8-12,15H,3-7,18H2,1-2H3. The lowest BCUT2D eigenvalue weighted by Gasteiger charge is -2.27. The van der Waals surface area contributed by atoms with Gasteiger partial charge in [-0.15, -0.1) is 0 Å². The van der Waals surface area contributed by atoms with Crippen LogP contribution in [0.5, 0.6) is 5.75 Å². The normalized spacial score (nSPS) is 25.1. The second-order valence-electron chi connectivity index (χ2n) is 5.99. The SMILES string of the molecule is CC(N)Cc1cc(F)cc(OC2CCCC(C)C2)c1. The minimum atomic E-state index is -0.239. The van der Waals surface area contributed by atoms with E-state index in [-0.39, 0.29) is 18.0 Å². The molecule has 2 N–H and O–H groups in total. The van der Waals surface area contributed by atoms with Gasteiger partial charge in [0.1, 0.15) is 11.6 Å². The average molecular weight is 265 g/mol. The van der Waals surface area contributed by atoms with Crippen molar-refractivity contribution in [2.75, 3.05) is 0 Å².